The van der Waals surface area contributed by atoms with Gasteiger partial charge in [-0.05, 0) is 45.4 Å². The van der Waals surface area contributed by atoms with E-state index in [4.69, 9.17) is 0 Å². The normalized spacial score (nSPS) is 20.3. The largest absolute Gasteiger partial charge is 0.335 e. The van der Waals surface area contributed by atoms with E-state index >= 15 is 0 Å². The number of hydrogen-bond donors (Lipinski definition) is 1. The zero-order valence-electron chi connectivity index (χ0n) is 11.1. The zero-order valence-corrected chi connectivity index (χ0v) is 11.1. The van der Waals surface area contributed by atoms with Crippen molar-refractivity contribution in [1.82, 2.24) is 15.2 Å². The lowest BCUT2D eigenvalue weighted by Gasteiger charge is -2.35. The maximum atomic E-state index is 12.5. The second-order valence-corrected chi connectivity index (χ2v) is 5.31. The van der Waals surface area contributed by atoms with Crippen LogP contribution in [0.1, 0.15) is 32.4 Å². The van der Waals surface area contributed by atoms with Crippen LogP contribution < -0.4 is 5.32 Å². The van der Waals surface area contributed by atoms with Gasteiger partial charge in [0.15, 0.2) is 0 Å². The average molecular weight is 247 g/mol. The Morgan fingerprint density at radius 1 is 1.39 bits per heavy atom. The number of nitrogens with zero attached hydrogens (tertiary/aromatic N) is 2. The predicted octanol–water partition coefficient (Wildman–Crippen LogP) is 1.57. The van der Waals surface area contributed by atoms with E-state index in [0.29, 0.717) is 6.54 Å². The molecule has 1 aromatic rings. The molecule has 98 valence electrons. The van der Waals surface area contributed by atoms with Crippen molar-refractivity contribution in [3.8, 4) is 0 Å². The Balaban J connectivity index is 2.11. The first-order valence-corrected chi connectivity index (χ1v) is 6.54. The smallest absolute Gasteiger partial charge is 0.242 e. The average Bonchev–Trinajstić information content (AvgIpc) is 2.36. The van der Waals surface area contributed by atoms with Gasteiger partial charge in [-0.3, -0.25) is 9.78 Å². The van der Waals surface area contributed by atoms with Crippen LogP contribution in [-0.4, -0.2) is 34.4 Å². The number of aromatic nitrogens is 1. The molecule has 1 aliphatic rings. The van der Waals surface area contributed by atoms with Crippen molar-refractivity contribution in [2.24, 2.45) is 0 Å². The van der Waals surface area contributed by atoms with Crippen LogP contribution in [0, 0.1) is 0 Å². The Morgan fingerprint density at radius 2 is 2.22 bits per heavy atom. The summed E-state index contributed by atoms with van der Waals surface area (Å²) in [5.74, 6) is 0.160. The van der Waals surface area contributed by atoms with Crippen molar-refractivity contribution in [2.45, 2.75) is 38.8 Å². The molecule has 2 heterocycles. The van der Waals surface area contributed by atoms with Crippen LogP contribution in [-0.2, 0) is 11.3 Å². The summed E-state index contributed by atoms with van der Waals surface area (Å²) in [6.45, 7) is 6.24. The number of pyridine rings is 1. The summed E-state index contributed by atoms with van der Waals surface area (Å²) in [5.41, 5.74) is 0.470. The highest BCUT2D eigenvalue weighted by atomic mass is 16.2. The van der Waals surface area contributed by atoms with E-state index in [1.165, 1.54) is 0 Å². The minimum Gasteiger partial charge on any atom is -0.335 e. The van der Waals surface area contributed by atoms with Crippen molar-refractivity contribution in [3.63, 3.8) is 0 Å². The number of nitrogens with one attached hydrogen (secondary N) is 1. The molecule has 0 unspecified atom stereocenters. The van der Waals surface area contributed by atoms with E-state index in [9.17, 15) is 4.79 Å². The molecular weight excluding hydrogens is 226 g/mol. The van der Waals surface area contributed by atoms with Gasteiger partial charge in [0.05, 0.1) is 17.8 Å². The first kappa shape index (κ1) is 13.0. The molecule has 1 aliphatic heterocycles. The maximum absolute atomic E-state index is 12.5. The number of hydrogen-bond acceptors (Lipinski definition) is 3. The number of carbonyl (C=O) groups is 1. The molecule has 1 amide bonds. The lowest BCUT2D eigenvalue weighted by Crippen LogP contribution is -2.55. The highest BCUT2D eigenvalue weighted by molar-refractivity contribution is 5.85. The van der Waals surface area contributed by atoms with Gasteiger partial charge in [0.25, 0.3) is 0 Å². The molecule has 2 rings (SSSR count). The third-order valence-corrected chi connectivity index (χ3v) is 3.32. The second kappa shape index (κ2) is 5.48. The minimum atomic E-state index is -0.477. The van der Waals surface area contributed by atoms with Crippen LogP contribution in [0.3, 0.4) is 0 Å². The molecule has 18 heavy (non-hydrogen) atoms. The standard InChI is InChI=1S/C14H21N3O/c1-14(2)13(18)17(10-6-5-9-16-14)11-12-7-3-4-8-15-12/h3-4,7-8,16H,5-6,9-11H2,1-2H3. The molecule has 0 spiro atoms. The lowest BCUT2D eigenvalue weighted by molar-refractivity contribution is -0.138. The highest BCUT2D eigenvalue weighted by Gasteiger charge is 2.32. The van der Waals surface area contributed by atoms with Gasteiger partial charge in [-0.1, -0.05) is 6.07 Å². The highest BCUT2D eigenvalue weighted by Crippen LogP contribution is 2.14. The Labute approximate surface area is 108 Å². The van der Waals surface area contributed by atoms with Crippen molar-refractivity contribution in [2.75, 3.05) is 13.1 Å². The van der Waals surface area contributed by atoms with Crippen molar-refractivity contribution >= 4 is 5.91 Å². The molecule has 1 aromatic heterocycles. The zero-order chi connectivity index (χ0) is 13.0. The Bertz CT molecular complexity index is 403. The number of carbonyl (C=O) groups excluding carboxylic acids is 1. The van der Waals surface area contributed by atoms with Crippen LogP contribution >= 0.6 is 0 Å². The molecule has 0 atom stereocenters. The summed E-state index contributed by atoms with van der Waals surface area (Å²) in [7, 11) is 0. The van der Waals surface area contributed by atoms with Gasteiger partial charge in [-0.2, -0.15) is 0 Å². The summed E-state index contributed by atoms with van der Waals surface area (Å²) in [4.78, 5) is 18.7. The van der Waals surface area contributed by atoms with Gasteiger partial charge in [0, 0.05) is 12.7 Å². The molecule has 1 saturated heterocycles. The van der Waals surface area contributed by atoms with Gasteiger partial charge < -0.3 is 10.2 Å². The van der Waals surface area contributed by atoms with Crippen molar-refractivity contribution in [1.29, 1.82) is 0 Å². The fourth-order valence-electron chi connectivity index (χ4n) is 2.24. The van der Waals surface area contributed by atoms with Crippen molar-refractivity contribution < 1.29 is 4.79 Å². The van der Waals surface area contributed by atoms with Crippen LogP contribution in [0.2, 0.25) is 0 Å². The topological polar surface area (TPSA) is 45.2 Å². The molecule has 1 fully saturated rings. The van der Waals surface area contributed by atoms with Gasteiger partial charge in [0.1, 0.15) is 0 Å². The molecule has 1 N–H and O–H groups in total. The molecule has 4 nitrogen and oxygen atoms in total. The second-order valence-electron chi connectivity index (χ2n) is 5.31. The molecule has 4 heteroatoms. The van der Waals surface area contributed by atoms with E-state index in [2.05, 4.69) is 10.3 Å². The summed E-state index contributed by atoms with van der Waals surface area (Å²) in [5, 5.41) is 3.31. The molecule has 0 saturated carbocycles. The summed E-state index contributed by atoms with van der Waals surface area (Å²) in [6, 6.07) is 5.82. The minimum absolute atomic E-state index is 0.160. The van der Waals surface area contributed by atoms with Crippen molar-refractivity contribution in [3.05, 3.63) is 30.1 Å². The van der Waals surface area contributed by atoms with Crippen LogP contribution in [0.5, 0.6) is 0 Å². The van der Waals surface area contributed by atoms with Crippen LogP contribution in [0.15, 0.2) is 24.4 Å². The quantitative estimate of drug-likeness (QED) is 0.863. The molecule has 0 aromatic carbocycles. The summed E-state index contributed by atoms with van der Waals surface area (Å²) in [6.07, 6.45) is 3.92. The van der Waals surface area contributed by atoms with Crippen LogP contribution in [0.4, 0.5) is 0 Å². The van der Waals surface area contributed by atoms with E-state index in [1.807, 2.05) is 36.9 Å². The van der Waals surface area contributed by atoms with Gasteiger partial charge in [-0.15, -0.1) is 0 Å². The monoisotopic (exact) mass is 247 g/mol. The van der Waals surface area contributed by atoms with Gasteiger partial charge in [0.2, 0.25) is 5.91 Å². The summed E-state index contributed by atoms with van der Waals surface area (Å²) >= 11 is 0. The SMILES string of the molecule is CC1(C)NCCCCN(Cc2ccccn2)C1=O. The third-order valence-electron chi connectivity index (χ3n) is 3.32. The van der Waals surface area contributed by atoms with Crippen LogP contribution in [0.25, 0.3) is 0 Å². The first-order valence-electron chi connectivity index (χ1n) is 6.54. The fourth-order valence-corrected chi connectivity index (χ4v) is 2.24. The maximum Gasteiger partial charge on any atom is 0.242 e. The third kappa shape index (κ3) is 3.07. The Morgan fingerprint density at radius 3 is 2.94 bits per heavy atom. The Kier molecular flexibility index (Phi) is 3.97. The molecule has 0 aliphatic carbocycles. The summed E-state index contributed by atoms with van der Waals surface area (Å²) < 4.78 is 0. The fraction of sp³-hybridized carbons (Fsp3) is 0.571. The number of amides is 1. The Hall–Kier alpha value is -1.42. The molecule has 0 radical (unpaired) electrons. The van der Waals surface area contributed by atoms with E-state index in [0.717, 1.165) is 31.6 Å². The van der Waals surface area contributed by atoms with E-state index in [1.54, 1.807) is 6.20 Å². The first-order chi connectivity index (χ1) is 8.59. The van der Waals surface area contributed by atoms with E-state index in [-0.39, 0.29) is 5.91 Å². The van der Waals surface area contributed by atoms with Gasteiger partial charge >= 0.3 is 0 Å². The van der Waals surface area contributed by atoms with E-state index < -0.39 is 5.54 Å². The lowest BCUT2D eigenvalue weighted by atomic mass is 10.0. The molecule has 0 bridgehead atoms. The van der Waals surface area contributed by atoms with Gasteiger partial charge in [-0.25, -0.2) is 0 Å². The molecular formula is C14H21N3O. The predicted molar refractivity (Wildman–Crippen MR) is 71.0 cm³/mol. The number of rotatable bonds is 2.